The predicted octanol–water partition coefficient (Wildman–Crippen LogP) is 3.10. The Morgan fingerprint density at radius 3 is 2.55 bits per heavy atom. The van der Waals surface area contributed by atoms with Crippen LogP contribution in [-0.4, -0.2) is 20.3 Å². The van der Waals surface area contributed by atoms with Gasteiger partial charge in [0.1, 0.15) is 5.75 Å². The fraction of sp³-hybridized carbons (Fsp3) is 0.294. The summed E-state index contributed by atoms with van der Waals surface area (Å²) in [7, 11) is 1.69. The first-order valence-electron chi connectivity index (χ1n) is 6.90. The zero-order valence-electron chi connectivity index (χ0n) is 11.6. The van der Waals surface area contributed by atoms with Crippen molar-refractivity contribution in [3.63, 3.8) is 0 Å². The van der Waals surface area contributed by atoms with Gasteiger partial charge in [-0.2, -0.15) is 0 Å². The molecule has 0 amide bonds. The molecule has 0 aliphatic carbocycles. The number of hydrogen-bond acceptors (Lipinski definition) is 3. The number of morpholine rings is 1. The minimum atomic E-state index is 0.0880. The number of benzene rings is 2. The van der Waals surface area contributed by atoms with Gasteiger partial charge in [-0.25, -0.2) is 0 Å². The Morgan fingerprint density at radius 1 is 1.05 bits per heavy atom. The maximum absolute atomic E-state index is 6.01. The van der Waals surface area contributed by atoms with Gasteiger partial charge in [-0.15, -0.1) is 0 Å². The van der Waals surface area contributed by atoms with Gasteiger partial charge in [0.05, 0.1) is 25.9 Å². The van der Waals surface area contributed by atoms with E-state index >= 15 is 0 Å². The fourth-order valence-electron chi connectivity index (χ4n) is 2.53. The smallest absolute Gasteiger partial charge is 0.119 e. The van der Waals surface area contributed by atoms with Crippen LogP contribution in [0.25, 0.3) is 0 Å². The Bertz CT molecular complexity index is 548. The number of hydrogen-bond donors (Lipinski definition) is 1. The first-order valence-corrected chi connectivity index (χ1v) is 6.90. The third-order valence-corrected chi connectivity index (χ3v) is 3.68. The van der Waals surface area contributed by atoms with Crippen LogP contribution in [0.1, 0.15) is 23.3 Å². The summed E-state index contributed by atoms with van der Waals surface area (Å²) in [6, 6.07) is 18.8. The van der Waals surface area contributed by atoms with Gasteiger partial charge in [0.25, 0.3) is 0 Å². The van der Waals surface area contributed by atoms with Crippen molar-refractivity contribution >= 4 is 0 Å². The molecule has 0 aromatic heterocycles. The van der Waals surface area contributed by atoms with E-state index in [0.717, 1.165) is 17.9 Å². The Hall–Kier alpha value is -1.84. The molecular weight excluding hydrogens is 250 g/mol. The molecule has 2 aromatic carbocycles. The molecule has 1 aliphatic rings. The SMILES string of the molecule is COc1cccc(C2CNC(c3ccccc3)CO2)c1. The molecule has 1 heterocycles. The molecule has 2 atom stereocenters. The van der Waals surface area contributed by atoms with Crippen molar-refractivity contribution in [1.29, 1.82) is 0 Å². The summed E-state index contributed by atoms with van der Waals surface area (Å²) < 4.78 is 11.3. The van der Waals surface area contributed by atoms with Crippen LogP contribution in [0.15, 0.2) is 54.6 Å². The topological polar surface area (TPSA) is 30.5 Å². The maximum Gasteiger partial charge on any atom is 0.119 e. The summed E-state index contributed by atoms with van der Waals surface area (Å²) in [6.45, 7) is 1.50. The first-order chi connectivity index (χ1) is 9.86. The first kappa shape index (κ1) is 13.2. The average molecular weight is 269 g/mol. The van der Waals surface area contributed by atoms with E-state index in [4.69, 9.17) is 9.47 Å². The summed E-state index contributed by atoms with van der Waals surface area (Å²) in [5.41, 5.74) is 2.43. The second-order valence-electron chi connectivity index (χ2n) is 4.97. The number of methoxy groups -OCH3 is 1. The Balaban J connectivity index is 1.66. The standard InChI is InChI=1S/C17H19NO2/c1-19-15-9-5-8-14(10-15)17-11-18-16(12-20-17)13-6-3-2-4-7-13/h2-10,16-18H,11-12H2,1H3. The van der Waals surface area contributed by atoms with Gasteiger partial charge in [-0.1, -0.05) is 42.5 Å². The Morgan fingerprint density at radius 2 is 1.85 bits per heavy atom. The van der Waals surface area contributed by atoms with E-state index in [2.05, 4.69) is 35.6 Å². The summed E-state index contributed by atoms with van der Waals surface area (Å²) >= 11 is 0. The van der Waals surface area contributed by atoms with Crippen molar-refractivity contribution in [3.05, 3.63) is 65.7 Å². The largest absolute Gasteiger partial charge is 0.497 e. The summed E-state index contributed by atoms with van der Waals surface area (Å²) in [5, 5.41) is 3.56. The molecule has 1 saturated heterocycles. The molecule has 3 rings (SSSR count). The molecule has 0 spiro atoms. The van der Waals surface area contributed by atoms with Gasteiger partial charge in [0, 0.05) is 6.54 Å². The lowest BCUT2D eigenvalue weighted by Crippen LogP contribution is -2.36. The van der Waals surface area contributed by atoms with Gasteiger partial charge >= 0.3 is 0 Å². The van der Waals surface area contributed by atoms with Gasteiger partial charge in [-0.3, -0.25) is 0 Å². The minimum Gasteiger partial charge on any atom is -0.497 e. The van der Waals surface area contributed by atoms with Gasteiger partial charge in [0.2, 0.25) is 0 Å². The number of ether oxygens (including phenoxy) is 2. The van der Waals surface area contributed by atoms with Crippen molar-refractivity contribution in [3.8, 4) is 5.75 Å². The Labute approximate surface area is 119 Å². The molecule has 3 heteroatoms. The second-order valence-corrected chi connectivity index (χ2v) is 4.97. The molecule has 2 aromatic rings. The minimum absolute atomic E-state index is 0.0880. The lowest BCUT2D eigenvalue weighted by Gasteiger charge is -2.31. The highest BCUT2D eigenvalue weighted by atomic mass is 16.5. The van der Waals surface area contributed by atoms with Crippen LogP contribution in [0, 0.1) is 0 Å². The van der Waals surface area contributed by atoms with Gasteiger partial charge < -0.3 is 14.8 Å². The van der Waals surface area contributed by atoms with E-state index in [1.54, 1.807) is 7.11 Å². The van der Waals surface area contributed by atoms with E-state index in [0.29, 0.717) is 6.61 Å². The quantitative estimate of drug-likeness (QED) is 0.928. The van der Waals surface area contributed by atoms with E-state index < -0.39 is 0 Å². The lowest BCUT2D eigenvalue weighted by atomic mass is 10.0. The highest BCUT2D eigenvalue weighted by Gasteiger charge is 2.23. The van der Waals surface area contributed by atoms with Crippen molar-refractivity contribution in [2.75, 3.05) is 20.3 Å². The third-order valence-electron chi connectivity index (χ3n) is 3.68. The molecule has 0 radical (unpaired) electrons. The van der Waals surface area contributed by atoms with Gasteiger partial charge in [0.15, 0.2) is 0 Å². The average Bonchev–Trinajstić information content (AvgIpc) is 2.56. The molecular formula is C17H19NO2. The van der Waals surface area contributed by atoms with Crippen LogP contribution >= 0.6 is 0 Å². The molecule has 2 unspecified atom stereocenters. The monoisotopic (exact) mass is 269 g/mol. The summed E-state index contributed by atoms with van der Waals surface area (Å²) in [4.78, 5) is 0. The summed E-state index contributed by atoms with van der Waals surface area (Å²) in [5.74, 6) is 0.872. The number of rotatable bonds is 3. The molecule has 1 aliphatic heterocycles. The third kappa shape index (κ3) is 2.84. The van der Waals surface area contributed by atoms with Crippen LogP contribution in [0.3, 0.4) is 0 Å². The maximum atomic E-state index is 6.01. The highest BCUT2D eigenvalue weighted by Crippen LogP contribution is 2.27. The molecule has 104 valence electrons. The molecule has 0 saturated carbocycles. The molecule has 1 N–H and O–H groups in total. The molecule has 20 heavy (non-hydrogen) atoms. The molecule has 0 bridgehead atoms. The normalized spacial score (nSPS) is 22.4. The van der Waals surface area contributed by atoms with Crippen LogP contribution in [0.5, 0.6) is 5.75 Å². The van der Waals surface area contributed by atoms with E-state index in [9.17, 15) is 0 Å². The zero-order chi connectivity index (χ0) is 13.8. The van der Waals surface area contributed by atoms with Crippen LogP contribution in [-0.2, 0) is 4.74 Å². The highest BCUT2D eigenvalue weighted by molar-refractivity contribution is 5.30. The van der Waals surface area contributed by atoms with Crippen LogP contribution in [0.2, 0.25) is 0 Å². The van der Waals surface area contributed by atoms with Gasteiger partial charge in [-0.05, 0) is 23.3 Å². The zero-order valence-corrected chi connectivity index (χ0v) is 11.6. The second kappa shape index (κ2) is 6.07. The van der Waals surface area contributed by atoms with Crippen molar-refractivity contribution < 1.29 is 9.47 Å². The summed E-state index contributed by atoms with van der Waals surface area (Å²) in [6.07, 6.45) is 0.0880. The fourth-order valence-corrected chi connectivity index (χ4v) is 2.53. The van der Waals surface area contributed by atoms with Crippen LogP contribution < -0.4 is 10.1 Å². The van der Waals surface area contributed by atoms with Crippen LogP contribution in [0.4, 0.5) is 0 Å². The van der Waals surface area contributed by atoms with E-state index in [1.165, 1.54) is 5.56 Å². The van der Waals surface area contributed by atoms with E-state index in [1.807, 2.05) is 24.3 Å². The number of nitrogens with one attached hydrogen (secondary N) is 1. The van der Waals surface area contributed by atoms with E-state index in [-0.39, 0.29) is 12.1 Å². The van der Waals surface area contributed by atoms with Crippen molar-refractivity contribution in [2.24, 2.45) is 0 Å². The van der Waals surface area contributed by atoms with Crippen molar-refractivity contribution in [2.45, 2.75) is 12.1 Å². The molecule has 1 fully saturated rings. The predicted molar refractivity (Wildman–Crippen MR) is 78.9 cm³/mol. The van der Waals surface area contributed by atoms with Crippen molar-refractivity contribution in [1.82, 2.24) is 5.32 Å². The molecule has 3 nitrogen and oxygen atoms in total. The Kier molecular flexibility index (Phi) is 4.00. The lowest BCUT2D eigenvalue weighted by molar-refractivity contribution is 0.00228.